The molecule has 1 aromatic heterocycles. The summed E-state index contributed by atoms with van der Waals surface area (Å²) in [7, 11) is 0. The molecule has 0 spiro atoms. The summed E-state index contributed by atoms with van der Waals surface area (Å²) in [5.41, 5.74) is 7.13. The number of rotatable bonds is 0. The minimum absolute atomic E-state index is 0.414. The summed E-state index contributed by atoms with van der Waals surface area (Å²) >= 11 is 0. The molecule has 3 nitrogen and oxygen atoms in total. The first kappa shape index (κ1) is 7.56. The average Bonchev–Trinajstić information content (AvgIpc) is 2.17. The highest BCUT2D eigenvalue weighted by molar-refractivity contribution is 5.83. The lowest BCUT2D eigenvalue weighted by atomic mass is 10.2. The Balaban J connectivity index is 2.75. The van der Waals surface area contributed by atoms with Crippen molar-refractivity contribution in [3.05, 3.63) is 41.7 Å². The molecule has 0 aliphatic heterocycles. The van der Waals surface area contributed by atoms with E-state index in [1.165, 1.54) is 0 Å². The normalized spacial score (nSPS) is 9.77. The van der Waals surface area contributed by atoms with E-state index < -0.39 is 0 Å². The van der Waals surface area contributed by atoms with Gasteiger partial charge in [-0.05, 0) is 24.3 Å². The molecule has 0 aliphatic carbocycles. The van der Waals surface area contributed by atoms with Gasteiger partial charge in [0.15, 0.2) is 5.52 Å². The van der Waals surface area contributed by atoms with Gasteiger partial charge in [0.25, 0.3) is 5.82 Å². The Morgan fingerprint density at radius 3 is 2.85 bits per heavy atom. The fraction of sp³-hybridized carbons (Fsp3) is 0. The lowest BCUT2D eigenvalue weighted by Crippen LogP contribution is -1.84. The molecule has 13 heavy (non-hydrogen) atoms. The zero-order chi connectivity index (χ0) is 9.26. The van der Waals surface area contributed by atoms with Gasteiger partial charge in [-0.3, -0.25) is 0 Å². The highest BCUT2D eigenvalue weighted by atomic mass is 14.9. The van der Waals surface area contributed by atoms with Crippen LogP contribution in [0, 0.1) is 6.57 Å². The second-order valence-electron chi connectivity index (χ2n) is 2.73. The summed E-state index contributed by atoms with van der Waals surface area (Å²) in [5.74, 6) is 0.414. The minimum atomic E-state index is 0.414. The van der Waals surface area contributed by atoms with E-state index in [0.717, 1.165) is 10.9 Å². The highest BCUT2D eigenvalue weighted by Crippen LogP contribution is 2.18. The van der Waals surface area contributed by atoms with E-state index in [2.05, 4.69) is 9.83 Å². The van der Waals surface area contributed by atoms with Gasteiger partial charge in [0, 0.05) is 11.1 Å². The van der Waals surface area contributed by atoms with Crippen LogP contribution in [-0.2, 0) is 0 Å². The maximum atomic E-state index is 6.80. The standard InChI is InChI=1S/C10H7N3/c1-12-10-5-2-7-6-8(11)3-4-9(7)13-10/h2-6H,11H2. The van der Waals surface area contributed by atoms with Crippen LogP contribution in [0.5, 0.6) is 0 Å². The molecule has 0 saturated carbocycles. The molecule has 1 aromatic carbocycles. The Labute approximate surface area is 75.6 Å². The number of anilines is 1. The van der Waals surface area contributed by atoms with Crippen LogP contribution in [0.2, 0.25) is 0 Å². The van der Waals surface area contributed by atoms with Gasteiger partial charge in [-0.25, -0.2) is 0 Å². The van der Waals surface area contributed by atoms with Gasteiger partial charge in [-0.1, -0.05) is 12.6 Å². The predicted molar refractivity (Wildman–Crippen MR) is 52.4 cm³/mol. The van der Waals surface area contributed by atoms with E-state index >= 15 is 0 Å². The SMILES string of the molecule is [C-]#[N+]c1ccc2cc(N)ccc2n1. The molecule has 0 atom stereocenters. The monoisotopic (exact) mass is 169 g/mol. The molecule has 3 heteroatoms. The van der Waals surface area contributed by atoms with Crippen molar-refractivity contribution in [2.45, 2.75) is 0 Å². The van der Waals surface area contributed by atoms with Crippen molar-refractivity contribution >= 4 is 22.4 Å². The summed E-state index contributed by atoms with van der Waals surface area (Å²) in [6.45, 7) is 6.80. The van der Waals surface area contributed by atoms with Crippen LogP contribution in [-0.4, -0.2) is 4.98 Å². The smallest absolute Gasteiger partial charge is 0.270 e. The van der Waals surface area contributed by atoms with E-state index in [1.54, 1.807) is 12.1 Å². The number of aromatic nitrogens is 1. The third kappa shape index (κ3) is 1.30. The Morgan fingerprint density at radius 1 is 1.23 bits per heavy atom. The zero-order valence-electron chi connectivity index (χ0n) is 6.86. The molecule has 62 valence electrons. The van der Waals surface area contributed by atoms with Crippen LogP contribution < -0.4 is 5.73 Å². The van der Waals surface area contributed by atoms with E-state index in [1.807, 2.05) is 18.2 Å². The van der Waals surface area contributed by atoms with Crippen LogP contribution in [0.4, 0.5) is 11.5 Å². The molecule has 0 aliphatic rings. The molecule has 0 amide bonds. The molecule has 0 bridgehead atoms. The highest BCUT2D eigenvalue weighted by Gasteiger charge is 1.99. The second kappa shape index (κ2) is 2.76. The van der Waals surface area contributed by atoms with Crippen molar-refractivity contribution in [1.82, 2.24) is 4.98 Å². The van der Waals surface area contributed by atoms with Gasteiger partial charge < -0.3 is 10.6 Å². The Morgan fingerprint density at radius 2 is 2.08 bits per heavy atom. The van der Waals surface area contributed by atoms with Crippen LogP contribution >= 0.6 is 0 Å². The third-order valence-corrected chi connectivity index (χ3v) is 1.81. The van der Waals surface area contributed by atoms with Gasteiger partial charge in [0.2, 0.25) is 0 Å². The van der Waals surface area contributed by atoms with E-state index in [9.17, 15) is 0 Å². The number of benzene rings is 1. The number of nitrogens with zero attached hydrogens (tertiary/aromatic N) is 2. The molecule has 2 aromatic rings. The van der Waals surface area contributed by atoms with Crippen LogP contribution in [0.25, 0.3) is 15.7 Å². The van der Waals surface area contributed by atoms with Crippen molar-refractivity contribution in [2.75, 3.05) is 5.73 Å². The predicted octanol–water partition coefficient (Wildman–Crippen LogP) is 2.37. The van der Waals surface area contributed by atoms with Crippen molar-refractivity contribution in [3.8, 4) is 0 Å². The molecule has 0 unspecified atom stereocenters. The van der Waals surface area contributed by atoms with Gasteiger partial charge >= 0.3 is 0 Å². The molecule has 2 N–H and O–H groups in total. The van der Waals surface area contributed by atoms with E-state index in [4.69, 9.17) is 12.3 Å². The van der Waals surface area contributed by atoms with Gasteiger partial charge in [0.1, 0.15) is 0 Å². The van der Waals surface area contributed by atoms with Crippen molar-refractivity contribution in [3.63, 3.8) is 0 Å². The number of pyridine rings is 1. The molecule has 0 fully saturated rings. The van der Waals surface area contributed by atoms with Gasteiger partial charge in [-0.2, -0.15) is 0 Å². The Kier molecular flexibility index (Phi) is 1.60. The summed E-state index contributed by atoms with van der Waals surface area (Å²) in [4.78, 5) is 7.38. The molecule has 0 saturated heterocycles. The van der Waals surface area contributed by atoms with Crippen molar-refractivity contribution < 1.29 is 0 Å². The number of fused-ring (bicyclic) bond motifs is 1. The summed E-state index contributed by atoms with van der Waals surface area (Å²) in [5, 5.41) is 0.965. The quantitative estimate of drug-likeness (QED) is 0.486. The Hall–Kier alpha value is -2.08. The molecular weight excluding hydrogens is 162 g/mol. The first-order chi connectivity index (χ1) is 6.29. The number of hydrogen-bond acceptors (Lipinski definition) is 2. The zero-order valence-corrected chi connectivity index (χ0v) is 6.86. The molecule has 2 rings (SSSR count). The fourth-order valence-electron chi connectivity index (χ4n) is 1.20. The fourth-order valence-corrected chi connectivity index (χ4v) is 1.20. The average molecular weight is 169 g/mol. The van der Waals surface area contributed by atoms with Crippen LogP contribution in [0.3, 0.4) is 0 Å². The maximum absolute atomic E-state index is 6.80. The topological polar surface area (TPSA) is 43.3 Å². The van der Waals surface area contributed by atoms with Crippen LogP contribution in [0.15, 0.2) is 30.3 Å². The molecular formula is C10H7N3. The Bertz CT molecular complexity index is 497. The molecule has 1 heterocycles. The van der Waals surface area contributed by atoms with E-state index in [-0.39, 0.29) is 0 Å². The minimum Gasteiger partial charge on any atom is -0.399 e. The lowest BCUT2D eigenvalue weighted by Gasteiger charge is -1.95. The maximum Gasteiger partial charge on any atom is 0.270 e. The number of nitrogen functional groups attached to an aromatic ring is 1. The third-order valence-electron chi connectivity index (χ3n) is 1.81. The van der Waals surface area contributed by atoms with Crippen molar-refractivity contribution in [2.24, 2.45) is 0 Å². The second-order valence-corrected chi connectivity index (χ2v) is 2.73. The lowest BCUT2D eigenvalue weighted by molar-refractivity contribution is 1.44. The van der Waals surface area contributed by atoms with Gasteiger partial charge in [0.05, 0.1) is 0 Å². The largest absolute Gasteiger partial charge is 0.399 e. The summed E-state index contributed by atoms with van der Waals surface area (Å²) < 4.78 is 0. The summed E-state index contributed by atoms with van der Waals surface area (Å²) in [6, 6.07) is 8.99. The molecule has 0 radical (unpaired) electrons. The van der Waals surface area contributed by atoms with Crippen LogP contribution in [0.1, 0.15) is 0 Å². The number of nitrogens with two attached hydrogens (primary N) is 1. The summed E-state index contributed by atoms with van der Waals surface area (Å²) in [6.07, 6.45) is 0. The first-order valence-corrected chi connectivity index (χ1v) is 3.83. The number of hydrogen-bond donors (Lipinski definition) is 1. The van der Waals surface area contributed by atoms with E-state index in [0.29, 0.717) is 11.5 Å². The van der Waals surface area contributed by atoms with Gasteiger partial charge in [-0.15, -0.1) is 4.98 Å². The van der Waals surface area contributed by atoms with Crippen molar-refractivity contribution in [1.29, 1.82) is 0 Å². The first-order valence-electron chi connectivity index (χ1n) is 3.83.